The van der Waals surface area contributed by atoms with E-state index in [0.29, 0.717) is 12.2 Å². The van der Waals surface area contributed by atoms with Gasteiger partial charge in [-0.3, -0.25) is 5.32 Å². The predicted octanol–water partition coefficient (Wildman–Crippen LogP) is 5.28. The van der Waals surface area contributed by atoms with E-state index in [0.717, 1.165) is 12.2 Å². The summed E-state index contributed by atoms with van der Waals surface area (Å²) in [6.45, 7) is 6.72. The van der Waals surface area contributed by atoms with Crippen molar-refractivity contribution in [3.8, 4) is 12.3 Å². The molecule has 0 saturated heterocycles. The lowest BCUT2D eigenvalue weighted by Crippen LogP contribution is -2.27. The first-order valence-corrected chi connectivity index (χ1v) is 9.37. The quantitative estimate of drug-likeness (QED) is 0.486. The lowest BCUT2D eigenvalue weighted by molar-refractivity contribution is 0.0636. The summed E-state index contributed by atoms with van der Waals surface area (Å²) >= 11 is 2.29. The third-order valence-corrected chi connectivity index (χ3v) is 4.17. The van der Waals surface area contributed by atoms with E-state index in [2.05, 4.69) is 63.0 Å². The minimum atomic E-state index is -0.527. The van der Waals surface area contributed by atoms with Crippen molar-refractivity contribution in [2.75, 3.05) is 16.8 Å². The monoisotopic (exact) mass is 462 g/mol. The van der Waals surface area contributed by atoms with E-state index in [-0.39, 0.29) is 0 Å². The molecule has 0 radical (unpaired) electrons. The fourth-order valence-electron chi connectivity index (χ4n) is 2.34. The Morgan fingerprint density at radius 3 is 2.31 bits per heavy atom. The maximum atomic E-state index is 11.8. The summed E-state index contributed by atoms with van der Waals surface area (Å²) in [5, 5.41) is 2.73. The zero-order valence-corrected chi connectivity index (χ0v) is 17.4. The van der Waals surface area contributed by atoms with Crippen LogP contribution in [-0.2, 0) is 11.3 Å². The molecular weight excluding hydrogens is 439 g/mol. The minimum Gasteiger partial charge on any atom is -0.444 e. The molecule has 0 heterocycles. The smallest absolute Gasteiger partial charge is 0.412 e. The van der Waals surface area contributed by atoms with Gasteiger partial charge in [-0.2, -0.15) is 0 Å². The zero-order valence-electron chi connectivity index (χ0n) is 15.3. The van der Waals surface area contributed by atoms with Crippen LogP contribution in [0.5, 0.6) is 0 Å². The van der Waals surface area contributed by atoms with Crippen LogP contribution in [0.15, 0.2) is 48.5 Å². The molecule has 1 amide bonds. The van der Waals surface area contributed by atoms with Crippen molar-refractivity contribution in [3.63, 3.8) is 0 Å². The Bertz CT molecular complexity index is 772. The largest absolute Gasteiger partial charge is 0.444 e. The van der Waals surface area contributed by atoms with E-state index in [9.17, 15) is 4.79 Å². The Balaban J connectivity index is 2.06. The molecule has 1 N–H and O–H groups in total. The van der Waals surface area contributed by atoms with Gasteiger partial charge in [0.2, 0.25) is 0 Å². The van der Waals surface area contributed by atoms with Gasteiger partial charge >= 0.3 is 6.09 Å². The number of rotatable bonds is 5. The van der Waals surface area contributed by atoms with Crippen molar-refractivity contribution in [1.82, 2.24) is 0 Å². The third kappa shape index (κ3) is 6.60. The normalized spacial score (nSPS) is 10.7. The average molecular weight is 462 g/mol. The van der Waals surface area contributed by atoms with Crippen molar-refractivity contribution in [2.24, 2.45) is 0 Å². The Kier molecular flexibility index (Phi) is 6.92. The topological polar surface area (TPSA) is 41.6 Å². The van der Waals surface area contributed by atoms with Gasteiger partial charge in [0.15, 0.2) is 0 Å². The van der Waals surface area contributed by atoms with Gasteiger partial charge in [-0.1, -0.05) is 18.1 Å². The van der Waals surface area contributed by atoms with Gasteiger partial charge in [0.05, 0.1) is 6.54 Å². The number of halogens is 1. The number of nitrogens with one attached hydrogen (secondary N) is 1. The lowest BCUT2D eigenvalue weighted by atomic mass is 10.2. The van der Waals surface area contributed by atoms with Crippen LogP contribution < -0.4 is 10.2 Å². The number of anilines is 2. The number of amides is 1. The van der Waals surface area contributed by atoms with Crippen LogP contribution in [0.4, 0.5) is 16.2 Å². The van der Waals surface area contributed by atoms with E-state index in [1.54, 1.807) is 0 Å². The summed E-state index contributed by atoms with van der Waals surface area (Å²) in [6, 6.07) is 15.9. The molecule has 4 nitrogen and oxygen atoms in total. The summed E-state index contributed by atoms with van der Waals surface area (Å²) in [5.74, 6) is 2.71. The van der Waals surface area contributed by atoms with Crippen LogP contribution in [0.1, 0.15) is 26.3 Å². The molecule has 2 rings (SSSR count). The highest BCUT2D eigenvalue weighted by molar-refractivity contribution is 14.1. The van der Waals surface area contributed by atoms with Gasteiger partial charge in [0, 0.05) is 21.5 Å². The number of nitrogens with zero attached hydrogens (tertiary/aromatic N) is 1. The molecule has 2 aromatic rings. The van der Waals surface area contributed by atoms with E-state index in [4.69, 9.17) is 11.2 Å². The second-order valence-corrected chi connectivity index (χ2v) is 8.11. The standard InChI is InChI=1S/C21H23IN2O2/c1-5-14-24(15-16-6-8-17(22)9-7-16)19-12-10-18(11-13-19)23-20(25)26-21(2,3)4/h1,6-13H,14-15H2,2-4H3,(H,23,25). The van der Waals surface area contributed by atoms with E-state index in [1.165, 1.54) is 9.13 Å². The van der Waals surface area contributed by atoms with Crippen LogP contribution in [0.3, 0.4) is 0 Å². The third-order valence-electron chi connectivity index (χ3n) is 3.45. The van der Waals surface area contributed by atoms with Crippen LogP contribution in [-0.4, -0.2) is 18.2 Å². The summed E-state index contributed by atoms with van der Waals surface area (Å²) in [6.07, 6.45) is 5.06. The molecule has 0 bridgehead atoms. The van der Waals surface area contributed by atoms with Gasteiger partial charge in [0.1, 0.15) is 5.60 Å². The summed E-state index contributed by atoms with van der Waals surface area (Å²) in [5.41, 5.74) is 2.34. The molecular formula is C21H23IN2O2. The van der Waals surface area contributed by atoms with Crippen LogP contribution in [0.25, 0.3) is 0 Å². The molecule has 0 unspecified atom stereocenters. The summed E-state index contributed by atoms with van der Waals surface area (Å²) in [4.78, 5) is 14.0. The van der Waals surface area contributed by atoms with Gasteiger partial charge < -0.3 is 9.64 Å². The number of terminal acetylenes is 1. The first-order valence-electron chi connectivity index (χ1n) is 8.30. The Morgan fingerprint density at radius 2 is 1.77 bits per heavy atom. The molecule has 0 aliphatic rings. The lowest BCUT2D eigenvalue weighted by Gasteiger charge is -2.23. The van der Waals surface area contributed by atoms with Gasteiger partial charge in [0.25, 0.3) is 0 Å². The van der Waals surface area contributed by atoms with Gasteiger partial charge in [-0.15, -0.1) is 6.42 Å². The molecule has 0 aromatic heterocycles. The van der Waals surface area contributed by atoms with Crippen LogP contribution >= 0.6 is 22.6 Å². The van der Waals surface area contributed by atoms with Crippen LogP contribution in [0, 0.1) is 15.9 Å². The first kappa shape index (κ1) is 20.1. The predicted molar refractivity (Wildman–Crippen MR) is 115 cm³/mol. The molecule has 0 saturated carbocycles. The van der Waals surface area contributed by atoms with Crippen LogP contribution in [0.2, 0.25) is 0 Å². The first-order chi connectivity index (χ1) is 12.3. The Hall–Kier alpha value is -2.20. The zero-order chi connectivity index (χ0) is 19.2. The maximum absolute atomic E-state index is 11.8. The maximum Gasteiger partial charge on any atom is 0.412 e. The molecule has 0 spiro atoms. The number of hydrogen-bond donors (Lipinski definition) is 1. The molecule has 136 valence electrons. The van der Waals surface area contributed by atoms with Crippen molar-refractivity contribution in [1.29, 1.82) is 0 Å². The van der Waals surface area contributed by atoms with Gasteiger partial charge in [-0.25, -0.2) is 4.79 Å². The molecule has 0 atom stereocenters. The number of ether oxygens (including phenoxy) is 1. The number of carbonyl (C=O) groups is 1. The van der Waals surface area contributed by atoms with E-state index in [1.807, 2.05) is 45.0 Å². The van der Waals surface area contributed by atoms with Crippen molar-refractivity contribution in [2.45, 2.75) is 32.9 Å². The SMILES string of the molecule is C#CCN(Cc1ccc(I)cc1)c1ccc(NC(=O)OC(C)(C)C)cc1. The fourth-order valence-corrected chi connectivity index (χ4v) is 2.70. The highest BCUT2D eigenvalue weighted by Crippen LogP contribution is 2.21. The number of benzene rings is 2. The molecule has 0 fully saturated rings. The second kappa shape index (κ2) is 8.95. The van der Waals surface area contributed by atoms with Crippen molar-refractivity contribution < 1.29 is 9.53 Å². The Labute approximate surface area is 169 Å². The van der Waals surface area contributed by atoms with Crippen molar-refractivity contribution in [3.05, 3.63) is 57.7 Å². The van der Waals surface area contributed by atoms with Crippen molar-refractivity contribution >= 4 is 40.1 Å². The highest BCUT2D eigenvalue weighted by Gasteiger charge is 2.16. The summed E-state index contributed by atoms with van der Waals surface area (Å²) < 4.78 is 6.46. The minimum absolute atomic E-state index is 0.468. The molecule has 26 heavy (non-hydrogen) atoms. The van der Waals surface area contributed by atoms with E-state index < -0.39 is 11.7 Å². The Morgan fingerprint density at radius 1 is 1.15 bits per heavy atom. The summed E-state index contributed by atoms with van der Waals surface area (Å²) in [7, 11) is 0. The molecule has 2 aromatic carbocycles. The van der Waals surface area contributed by atoms with Gasteiger partial charge in [-0.05, 0) is 85.3 Å². The molecule has 0 aliphatic heterocycles. The fraction of sp³-hybridized carbons (Fsp3) is 0.286. The molecule has 5 heteroatoms. The highest BCUT2D eigenvalue weighted by atomic mass is 127. The average Bonchev–Trinajstić information content (AvgIpc) is 2.55. The molecule has 0 aliphatic carbocycles. The second-order valence-electron chi connectivity index (χ2n) is 6.86. The number of carbonyl (C=O) groups excluding carboxylic acids is 1. The number of hydrogen-bond acceptors (Lipinski definition) is 3. The van der Waals surface area contributed by atoms with E-state index >= 15 is 0 Å².